The van der Waals surface area contributed by atoms with Gasteiger partial charge in [0.05, 0.1) is 14.2 Å². The largest absolute Gasteiger partial charge is 0.507 e. The summed E-state index contributed by atoms with van der Waals surface area (Å²) < 4.78 is 11.0. The summed E-state index contributed by atoms with van der Waals surface area (Å²) >= 11 is 0. The van der Waals surface area contributed by atoms with Gasteiger partial charge in [0.1, 0.15) is 23.0 Å². The zero-order valence-corrected chi connectivity index (χ0v) is 15.5. The van der Waals surface area contributed by atoms with Gasteiger partial charge in [-0.05, 0) is 73.6 Å². The van der Waals surface area contributed by atoms with Gasteiger partial charge in [-0.1, -0.05) is 0 Å². The van der Waals surface area contributed by atoms with E-state index in [2.05, 4.69) is 0 Å². The molecule has 138 valence electrons. The molecule has 4 rings (SSSR count). The molecule has 0 bridgehead atoms. The number of methoxy groups -OCH3 is 2. The Labute approximate surface area is 154 Å². The van der Waals surface area contributed by atoms with E-state index in [1.54, 1.807) is 26.4 Å². The highest BCUT2D eigenvalue weighted by atomic mass is 16.5. The number of hydrogen-bond acceptors (Lipinski definition) is 4. The minimum atomic E-state index is 0.191. The molecular weight excluding hydrogens is 328 g/mol. The molecule has 0 radical (unpaired) electrons. The van der Waals surface area contributed by atoms with Crippen LogP contribution in [0.25, 0.3) is 11.1 Å². The Morgan fingerprint density at radius 2 is 0.962 bits per heavy atom. The Balaban J connectivity index is 2.02. The molecule has 0 heterocycles. The van der Waals surface area contributed by atoms with Crippen molar-refractivity contribution in [2.75, 3.05) is 14.2 Å². The van der Waals surface area contributed by atoms with E-state index in [-0.39, 0.29) is 11.5 Å². The topological polar surface area (TPSA) is 58.9 Å². The first-order valence-electron chi connectivity index (χ1n) is 9.49. The lowest BCUT2D eigenvalue weighted by Gasteiger charge is -2.27. The molecule has 2 aromatic rings. The van der Waals surface area contributed by atoms with Crippen molar-refractivity contribution in [3.63, 3.8) is 0 Å². The first-order valence-corrected chi connectivity index (χ1v) is 9.49. The highest BCUT2D eigenvalue weighted by Crippen LogP contribution is 2.50. The van der Waals surface area contributed by atoms with Crippen LogP contribution >= 0.6 is 0 Å². The van der Waals surface area contributed by atoms with Crippen LogP contribution in [0.1, 0.15) is 47.9 Å². The second-order valence-corrected chi connectivity index (χ2v) is 7.27. The van der Waals surface area contributed by atoms with Crippen molar-refractivity contribution in [2.24, 2.45) is 0 Å². The third kappa shape index (κ3) is 2.59. The van der Waals surface area contributed by atoms with Crippen LogP contribution in [0.15, 0.2) is 12.1 Å². The van der Waals surface area contributed by atoms with Crippen LogP contribution in [0, 0.1) is 0 Å². The highest BCUT2D eigenvalue weighted by Gasteiger charge is 2.28. The molecule has 0 aromatic heterocycles. The maximum atomic E-state index is 10.9. The van der Waals surface area contributed by atoms with Crippen LogP contribution in [-0.4, -0.2) is 24.4 Å². The van der Waals surface area contributed by atoms with E-state index in [1.165, 1.54) is 11.1 Å². The van der Waals surface area contributed by atoms with Gasteiger partial charge in [0, 0.05) is 23.3 Å². The Morgan fingerprint density at radius 1 is 0.615 bits per heavy atom. The van der Waals surface area contributed by atoms with Crippen molar-refractivity contribution < 1.29 is 19.7 Å². The van der Waals surface area contributed by atoms with Gasteiger partial charge in [0.2, 0.25) is 0 Å². The van der Waals surface area contributed by atoms with Crippen molar-refractivity contribution in [3.05, 3.63) is 34.4 Å². The molecule has 4 nitrogen and oxygen atoms in total. The molecule has 2 N–H and O–H groups in total. The number of phenolic OH excluding ortho intramolecular Hbond substituents is 2. The molecule has 2 aliphatic carbocycles. The first-order chi connectivity index (χ1) is 12.7. The average Bonchev–Trinajstić information content (AvgIpc) is 2.68. The molecule has 4 heteroatoms. The number of aromatic hydroxyl groups is 2. The van der Waals surface area contributed by atoms with Crippen molar-refractivity contribution in [1.29, 1.82) is 0 Å². The number of phenols is 2. The van der Waals surface area contributed by atoms with Crippen LogP contribution in [0.5, 0.6) is 23.0 Å². The summed E-state index contributed by atoms with van der Waals surface area (Å²) in [6, 6.07) is 3.41. The Morgan fingerprint density at radius 3 is 1.31 bits per heavy atom. The minimum Gasteiger partial charge on any atom is -0.507 e. The summed E-state index contributed by atoms with van der Waals surface area (Å²) in [6.45, 7) is 0. The monoisotopic (exact) mass is 354 g/mol. The molecule has 0 spiro atoms. The van der Waals surface area contributed by atoms with Gasteiger partial charge in [-0.2, -0.15) is 0 Å². The molecule has 0 saturated carbocycles. The van der Waals surface area contributed by atoms with Crippen molar-refractivity contribution in [2.45, 2.75) is 51.4 Å². The standard InChI is InChI=1S/C22H26O4/c1-25-19-11-17(23)21(15-9-5-3-7-13(15)19)22-16-10-6-4-8-14(16)20(26-2)12-18(22)24/h11-12,23-24H,3-10H2,1-2H3. The Kier molecular flexibility index (Phi) is 4.43. The maximum Gasteiger partial charge on any atom is 0.127 e. The van der Waals surface area contributed by atoms with Crippen LogP contribution in [0.4, 0.5) is 0 Å². The summed E-state index contributed by atoms with van der Waals surface area (Å²) in [4.78, 5) is 0. The lowest BCUT2D eigenvalue weighted by molar-refractivity contribution is 0.397. The molecular formula is C22H26O4. The fraction of sp³-hybridized carbons (Fsp3) is 0.455. The minimum absolute atomic E-state index is 0.191. The summed E-state index contributed by atoms with van der Waals surface area (Å²) in [5.41, 5.74) is 6.18. The summed E-state index contributed by atoms with van der Waals surface area (Å²) in [7, 11) is 3.30. The van der Waals surface area contributed by atoms with Gasteiger partial charge in [-0.25, -0.2) is 0 Å². The van der Waals surface area contributed by atoms with E-state index < -0.39 is 0 Å². The SMILES string of the molecule is COc1cc(O)c(-c2c(O)cc(OC)c3c2CCCC3)c2c1CCCC2. The fourth-order valence-corrected chi connectivity index (χ4v) is 4.70. The number of ether oxygens (including phenoxy) is 2. The Bertz CT molecular complexity index is 783. The number of rotatable bonds is 3. The summed E-state index contributed by atoms with van der Waals surface area (Å²) in [5, 5.41) is 21.7. The van der Waals surface area contributed by atoms with Crippen LogP contribution < -0.4 is 9.47 Å². The van der Waals surface area contributed by atoms with Gasteiger partial charge in [0.15, 0.2) is 0 Å². The second kappa shape index (κ2) is 6.75. The molecule has 0 unspecified atom stereocenters. The number of benzene rings is 2. The smallest absolute Gasteiger partial charge is 0.127 e. The van der Waals surface area contributed by atoms with Gasteiger partial charge < -0.3 is 19.7 Å². The van der Waals surface area contributed by atoms with Gasteiger partial charge in [-0.15, -0.1) is 0 Å². The zero-order valence-electron chi connectivity index (χ0n) is 15.5. The molecule has 0 aliphatic heterocycles. The maximum absolute atomic E-state index is 10.9. The first kappa shape index (κ1) is 17.1. The normalized spacial score (nSPS) is 15.9. The average molecular weight is 354 g/mol. The van der Waals surface area contributed by atoms with Gasteiger partial charge >= 0.3 is 0 Å². The lowest BCUT2D eigenvalue weighted by Crippen LogP contribution is -2.11. The third-order valence-corrected chi connectivity index (χ3v) is 5.87. The van der Waals surface area contributed by atoms with Crippen LogP contribution in [0.2, 0.25) is 0 Å². The lowest BCUT2D eigenvalue weighted by atomic mass is 9.79. The van der Waals surface area contributed by atoms with Crippen LogP contribution in [-0.2, 0) is 25.7 Å². The van der Waals surface area contributed by atoms with E-state index in [4.69, 9.17) is 9.47 Å². The molecule has 0 fully saturated rings. The zero-order chi connectivity index (χ0) is 18.3. The van der Waals surface area contributed by atoms with E-state index in [0.29, 0.717) is 0 Å². The number of fused-ring (bicyclic) bond motifs is 2. The van der Waals surface area contributed by atoms with Crippen molar-refractivity contribution >= 4 is 0 Å². The molecule has 26 heavy (non-hydrogen) atoms. The quantitative estimate of drug-likeness (QED) is 0.850. The van der Waals surface area contributed by atoms with E-state index in [0.717, 1.165) is 85.1 Å². The Hall–Kier alpha value is -2.36. The van der Waals surface area contributed by atoms with Crippen molar-refractivity contribution in [1.82, 2.24) is 0 Å². The van der Waals surface area contributed by atoms with E-state index in [9.17, 15) is 10.2 Å². The second-order valence-electron chi connectivity index (χ2n) is 7.27. The molecule has 2 aromatic carbocycles. The van der Waals surface area contributed by atoms with Crippen LogP contribution in [0.3, 0.4) is 0 Å². The van der Waals surface area contributed by atoms with E-state index in [1.807, 2.05) is 0 Å². The summed E-state index contributed by atoms with van der Waals surface area (Å²) in [6.07, 6.45) is 8.12. The molecule has 2 aliphatic rings. The summed E-state index contributed by atoms with van der Waals surface area (Å²) in [5.74, 6) is 1.89. The third-order valence-electron chi connectivity index (χ3n) is 5.87. The predicted octanol–water partition coefficient (Wildman–Crippen LogP) is 4.54. The van der Waals surface area contributed by atoms with Crippen molar-refractivity contribution in [3.8, 4) is 34.1 Å². The molecule has 0 amide bonds. The predicted molar refractivity (Wildman–Crippen MR) is 102 cm³/mol. The van der Waals surface area contributed by atoms with Gasteiger partial charge in [0.25, 0.3) is 0 Å². The molecule has 0 atom stereocenters. The highest BCUT2D eigenvalue weighted by molar-refractivity contribution is 5.85. The number of hydrogen-bond donors (Lipinski definition) is 2. The van der Waals surface area contributed by atoms with Gasteiger partial charge in [-0.3, -0.25) is 0 Å². The van der Waals surface area contributed by atoms with E-state index >= 15 is 0 Å². The fourth-order valence-electron chi connectivity index (χ4n) is 4.70. The molecule has 0 saturated heterocycles.